The van der Waals surface area contributed by atoms with Gasteiger partial charge in [0.25, 0.3) is 5.91 Å². The maximum absolute atomic E-state index is 12.4. The third-order valence-corrected chi connectivity index (χ3v) is 5.11. The number of nitriles is 1. The van der Waals surface area contributed by atoms with Gasteiger partial charge in [0.15, 0.2) is 0 Å². The Kier molecular flexibility index (Phi) is 4.97. The number of carbonyl (C=O) groups is 1. The molecule has 0 fully saturated rings. The molecule has 0 saturated carbocycles. The maximum atomic E-state index is 12.4. The predicted molar refractivity (Wildman–Crippen MR) is 95.3 cm³/mol. The van der Waals surface area contributed by atoms with Gasteiger partial charge in [-0.2, -0.15) is 5.26 Å². The quantitative estimate of drug-likeness (QED) is 0.640. The zero-order valence-electron chi connectivity index (χ0n) is 13.6. The van der Waals surface area contributed by atoms with Gasteiger partial charge in [-0.25, -0.2) is 22.8 Å². The van der Waals surface area contributed by atoms with Crippen LogP contribution in [0, 0.1) is 11.3 Å². The first-order valence-corrected chi connectivity index (χ1v) is 9.20. The summed E-state index contributed by atoms with van der Waals surface area (Å²) in [6.45, 7) is 0.0365. The Balaban J connectivity index is 1.74. The molecule has 0 aliphatic rings. The number of hydrogen-bond acceptors (Lipinski definition) is 5. The van der Waals surface area contributed by atoms with Crippen molar-refractivity contribution in [3.8, 4) is 6.07 Å². The van der Waals surface area contributed by atoms with Crippen LogP contribution in [0.2, 0.25) is 0 Å². The van der Waals surface area contributed by atoms with Gasteiger partial charge in [-0.05, 0) is 36.4 Å². The van der Waals surface area contributed by atoms with Crippen molar-refractivity contribution in [2.75, 3.05) is 12.0 Å². The summed E-state index contributed by atoms with van der Waals surface area (Å²) in [5.74, 6) is -0.394. The third-order valence-electron chi connectivity index (χ3n) is 3.63. The molecule has 2 N–H and O–H groups in total. The number of fused-ring (bicyclic) bond motifs is 1. The molecule has 0 unspecified atom stereocenters. The Morgan fingerprint density at radius 3 is 2.62 bits per heavy atom. The molecule has 8 nitrogen and oxygen atoms in total. The van der Waals surface area contributed by atoms with Crippen LogP contribution in [0.25, 0.3) is 11.0 Å². The summed E-state index contributed by atoms with van der Waals surface area (Å²) < 4.78 is 27.9. The van der Waals surface area contributed by atoms with E-state index in [-0.39, 0.29) is 17.9 Å². The van der Waals surface area contributed by atoms with Gasteiger partial charge in [-0.1, -0.05) is 12.1 Å². The van der Waals surface area contributed by atoms with E-state index in [0.717, 1.165) is 11.0 Å². The van der Waals surface area contributed by atoms with E-state index in [1.165, 1.54) is 35.3 Å². The number of carbonyl (C=O) groups excluding carboxylic acids is 1. The van der Waals surface area contributed by atoms with Gasteiger partial charge in [0.2, 0.25) is 10.0 Å². The zero-order valence-corrected chi connectivity index (χ0v) is 14.4. The first kappa shape index (κ1) is 17.6. The minimum absolute atomic E-state index is 0.0278. The van der Waals surface area contributed by atoms with Crippen LogP contribution >= 0.6 is 0 Å². The van der Waals surface area contributed by atoms with E-state index in [9.17, 15) is 13.2 Å². The number of nitrogens with one attached hydrogen (secondary N) is 2. The van der Waals surface area contributed by atoms with E-state index in [0.29, 0.717) is 5.56 Å². The summed E-state index contributed by atoms with van der Waals surface area (Å²) in [6.07, 6.45) is 1.58. The summed E-state index contributed by atoms with van der Waals surface area (Å²) in [6, 6.07) is 14.7. The van der Waals surface area contributed by atoms with Crippen molar-refractivity contribution in [1.82, 2.24) is 14.4 Å². The molecule has 9 heteroatoms. The molecule has 0 bridgehead atoms. The molecule has 3 aromatic rings. The summed E-state index contributed by atoms with van der Waals surface area (Å²) in [7, 11) is -3.70. The fourth-order valence-electron chi connectivity index (χ4n) is 2.33. The second kappa shape index (κ2) is 7.35. The van der Waals surface area contributed by atoms with E-state index < -0.39 is 15.9 Å². The highest BCUT2D eigenvalue weighted by Crippen LogP contribution is 2.13. The normalized spacial score (nSPS) is 11.2. The van der Waals surface area contributed by atoms with Crippen molar-refractivity contribution in [3.63, 3.8) is 0 Å². The standard InChI is InChI=1S/C17H15N5O3S/c18-10-3-11-20-26(24,25)14-8-6-13(7-9-14)17(23)21-22-12-19-15-4-1-2-5-16(15)22/h1-2,4-9,12,20H,3,11H2,(H,21,23). The third kappa shape index (κ3) is 3.72. The number of aromatic nitrogens is 2. The van der Waals surface area contributed by atoms with E-state index >= 15 is 0 Å². The molecular weight excluding hydrogens is 354 g/mol. The molecular formula is C17H15N5O3S. The molecule has 1 heterocycles. The van der Waals surface area contributed by atoms with Crippen molar-refractivity contribution < 1.29 is 13.2 Å². The lowest BCUT2D eigenvalue weighted by atomic mass is 10.2. The van der Waals surface area contributed by atoms with Crippen molar-refractivity contribution in [2.45, 2.75) is 11.3 Å². The fraction of sp³-hybridized carbons (Fsp3) is 0.118. The molecule has 0 saturated heterocycles. The van der Waals surface area contributed by atoms with Gasteiger partial charge in [0.1, 0.15) is 6.33 Å². The Bertz CT molecular complexity index is 1080. The SMILES string of the molecule is N#CCCNS(=O)(=O)c1ccc(C(=O)Nn2cnc3ccccc32)cc1. The summed E-state index contributed by atoms with van der Waals surface area (Å²) in [4.78, 5) is 16.6. The summed E-state index contributed by atoms with van der Waals surface area (Å²) in [5.41, 5.74) is 4.50. The Morgan fingerprint density at radius 2 is 1.88 bits per heavy atom. The zero-order chi connectivity index (χ0) is 18.6. The Morgan fingerprint density at radius 1 is 1.15 bits per heavy atom. The number of hydrogen-bond donors (Lipinski definition) is 2. The lowest BCUT2D eigenvalue weighted by Crippen LogP contribution is -2.25. The second-order valence-electron chi connectivity index (χ2n) is 5.37. The predicted octanol–water partition coefficient (Wildman–Crippen LogP) is 1.61. The smallest absolute Gasteiger partial charge is 0.267 e. The van der Waals surface area contributed by atoms with Crippen molar-refractivity contribution in [3.05, 3.63) is 60.4 Å². The van der Waals surface area contributed by atoms with Gasteiger partial charge < -0.3 is 0 Å². The topological polar surface area (TPSA) is 117 Å². The minimum atomic E-state index is -3.70. The lowest BCUT2D eigenvalue weighted by Gasteiger charge is -2.08. The molecule has 0 aliphatic heterocycles. The Hall–Kier alpha value is -3.22. The van der Waals surface area contributed by atoms with E-state index in [2.05, 4.69) is 15.1 Å². The highest BCUT2D eigenvalue weighted by Gasteiger charge is 2.15. The molecule has 0 radical (unpaired) electrons. The van der Waals surface area contributed by atoms with E-state index in [4.69, 9.17) is 5.26 Å². The molecule has 26 heavy (non-hydrogen) atoms. The van der Waals surface area contributed by atoms with Gasteiger partial charge in [0, 0.05) is 18.5 Å². The van der Waals surface area contributed by atoms with Crippen molar-refractivity contribution in [2.24, 2.45) is 0 Å². The number of benzene rings is 2. The highest BCUT2D eigenvalue weighted by molar-refractivity contribution is 7.89. The molecule has 0 aliphatic carbocycles. The van der Waals surface area contributed by atoms with Crippen LogP contribution in [0.15, 0.2) is 59.8 Å². The first-order chi connectivity index (χ1) is 12.5. The monoisotopic (exact) mass is 369 g/mol. The van der Waals surface area contributed by atoms with Gasteiger partial charge in [0.05, 0.1) is 22.0 Å². The van der Waals surface area contributed by atoms with Crippen LogP contribution in [0.1, 0.15) is 16.8 Å². The largest absolute Gasteiger partial charge is 0.270 e. The van der Waals surface area contributed by atoms with Crippen LogP contribution in [-0.4, -0.2) is 30.5 Å². The number of imidazole rings is 1. The van der Waals surface area contributed by atoms with Crippen LogP contribution in [-0.2, 0) is 10.0 Å². The van der Waals surface area contributed by atoms with E-state index in [1.807, 2.05) is 30.3 Å². The molecule has 1 amide bonds. The van der Waals surface area contributed by atoms with Crippen LogP contribution < -0.4 is 10.1 Å². The first-order valence-electron chi connectivity index (χ1n) is 7.71. The molecule has 2 aromatic carbocycles. The minimum Gasteiger partial charge on any atom is -0.267 e. The van der Waals surface area contributed by atoms with E-state index in [1.54, 1.807) is 0 Å². The van der Waals surface area contributed by atoms with Gasteiger partial charge >= 0.3 is 0 Å². The van der Waals surface area contributed by atoms with Crippen LogP contribution in [0.3, 0.4) is 0 Å². The number of para-hydroxylation sites is 2. The number of rotatable bonds is 6. The molecule has 3 rings (SSSR count). The molecule has 0 spiro atoms. The average molecular weight is 369 g/mol. The van der Waals surface area contributed by atoms with Crippen LogP contribution in [0.5, 0.6) is 0 Å². The lowest BCUT2D eigenvalue weighted by molar-refractivity contribution is 0.101. The average Bonchev–Trinajstić information content (AvgIpc) is 3.05. The summed E-state index contributed by atoms with van der Waals surface area (Å²) in [5, 5.41) is 8.47. The highest BCUT2D eigenvalue weighted by atomic mass is 32.2. The number of nitrogens with zero attached hydrogens (tertiary/aromatic N) is 3. The van der Waals surface area contributed by atoms with Crippen LogP contribution in [0.4, 0.5) is 0 Å². The second-order valence-corrected chi connectivity index (χ2v) is 7.14. The van der Waals surface area contributed by atoms with Crippen molar-refractivity contribution in [1.29, 1.82) is 5.26 Å². The summed E-state index contributed by atoms with van der Waals surface area (Å²) >= 11 is 0. The van der Waals surface area contributed by atoms with Gasteiger partial charge in [-0.15, -0.1) is 0 Å². The molecule has 132 valence electrons. The maximum Gasteiger partial charge on any atom is 0.270 e. The molecule has 1 aromatic heterocycles. The Labute approximate surface area is 150 Å². The molecule has 0 atom stereocenters. The van der Waals surface area contributed by atoms with Crippen molar-refractivity contribution >= 4 is 27.0 Å². The fourth-order valence-corrected chi connectivity index (χ4v) is 3.36. The number of sulfonamides is 1. The number of amides is 1. The van der Waals surface area contributed by atoms with Gasteiger partial charge in [-0.3, -0.25) is 10.2 Å².